The van der Waals surface area contributed by atoms with Crippen molar-refractivity contribution in [3.05, 3.63) is 42.1 Å². The number of fused-ring (bicyclic) bond motifs is 1. The molecule has 0 spiro atoms. The Morgan fingerprint density at radius 2 is 2.00 bits per heavy atom. The molecule has 0 saturated carbocycles. The van der Waals surface area contributed by atoms with E-state index >= 15 is 0 Å². The monoisotopic (exact) mass is 269 g/mol. The van der Waals surface area contributed by atoms with Crippen molar-refractivity contribution in [2.75, 3.05) is 0 Å². The Morgan fingerprint density at radius 3 is 2.68 bits per heavy atom. The first-order valence-electron chi connectivity index (χ1n) is 5.88. The summed E-state index contributed by atoms with van der Waals surface area (Å²) in [5.41, 5.74) is 3.93. The van der Waals surface area contributed by atoms with Gasteiger partial charge in [-0.05, 0) is 24.1 Å². The number of pyridine rings is 1. The van der Waals surface area contributed by atoms with Gasteiger partial charge in [-0.1, -0.05) is 18.2 Å². The Balaban J connectivity index is 2.30. The predicted octanol–water partition coefficient (Wildman–Crippen LogP) is 3.08. The molecule has 1 unspecified atom stereocenters. The second-order valence-electron chi connectivity index (χ2n) is 4.29. The smallest absolute Gasteiger partial charge is 0.271 e. The second kappa shape index (κ2) is 5.54. The quantitative estimate of drug-likeness (QED) is 0.662. The van der Waals surface area contributed by atoms with Crippen molar-refractivity contribution in [2.24, 2.45) is 5.84 Å². The van der Waals surface area contributed by atoms with Gasteiger partial charge in [0, 0.05) is 24.0 Å². The van der Waals surface area contributed by atoms with Gasteiger partial charge in [0.1, 0.15) is 0 Å². The fourth-order valence-electron chi connectivity index (χ4n) is 2.07. The van der Waals surface area contributed by atoms with Crippen LogP contribution < -0.4 is 11.3 Å². The average Bonchev–Trinajstić information content (AvgIpc) is 2.38. The minimum atomic E-state index is -4.18. The van der Waals surface area contributed by atoms with Crippen LogP contribution in [0.1, 0.15) is 24.4 Å². The molecule has 19 heavy (non-hydrogen) atoms. The maximum atomic E-state index is 12.3. The van der Waals surface area contributed by atoms with Crippen LogP contribution in [0.2, 0.25) is 0 Å². The molecule has 3 nitrogen and oxygen atoms in total. The highest BCUT2D eigenvalue weighted by Gasteiger charge is 2.28. The summed E-state index contributed by atoms with van der Waals surface area (Å²) in [5.74, 6) is 5.39. The number of hydrogen-bond acceptors (Lipinski definition) is 3. The lowest BCUT2D eigenvalue weighted by Crippen LogP contribution is -2.29. The van der Waals surface area contributed by atoms with Crippen molar-refractivity contribution in [1.82, 2.24) is 10.4 Å². The lowest BCUT2D eigenvalue weighted by Gasteiger charge is -2.19. The predicted molar refractivity (Wildman–Crippen MR) is 67.1 cm³/mol. The first-order valence-corrected chi connectivity index (χ1v) is 5.88. The molecule has 0 aliphatic heterocycles. The molecule has 0 aliphatic carbocycles. The number of rotatable bonds is 4. The van der Waals surface area contributed by atoms with Crippen molar-refractivity contribution in [3.8, 4) is 0 Å². The zero-order valence-corrected chi connectivity index (χ0v) is 10.1. The van der Waals surface area contributed by atoms with E-state index in [1.54, 1.807) is 24.4 Å². The van der Waals surface area contributed by atoms with Crippen LogP contribution in [-0.2, 0) is 0 Å². The Hall–Kier alpha value is -1.66. The van der Waals surface area contributed by atoms with Crippen LogP contribution >= 0.6 is 0 Å². The van der Waals surface area contributed by atoms with Gasteiger partial charge in [-0.25, -0.2) is 0 Å². The normalized spacial score (nSPS) is 13.7. The zero-order valence-electron chi connectivity index (χ0n) is 10.1. The van der Waals surface area contributed by atoms with E-state index in [0.717, 1.165) is 16.5 Å². The van der Waals surface area contributed by atoms with E-state index in [0.29, 0.717) is 0 Å². The molecule has 3 N–H and O–H groups in total. The largest absolute Gasteiger partial charge is 0.389 e. The third kappa shape index (κ3) is 3.42. The number of nitrogens with two attached hydrogens (primary N) is 1. The van der Waals surface area contributed by atoms with Crippen LogP contribution in [0.5, 0.6) is 0 Å². The fourth-order valence-corrected chi connectivity index (χ4v) is 2.07. The van der Waals surface area contributed by atoms with E-state index < -0.39 is 18.6 Å². The Kier molecular flexibility index (Phi) is 4.01. The lowest BCUT2D eigenvalue weighted by atomic mass is 9.98. The number of nitrogens with zero attached hydrogens (tertiary/aromatic N) is 1. The molecule has 102 valence electrons. The summed E-state index contributed by atoms with van der Waals surface area (Å²) in [6.07, 6.45) is -3.52. The average molecular weight is 269 g/mol. The van der Waals surface area contributed by atoms with E-state index in [1.807, 2.05) is 12.1 Å². The molecule has 0 saturated heterocycles. The van der Waals surface area contributed by atoms with Crippen molar-refractivity contribution in [3.63, 3.8) is 0 Å². The molecule has 0 aliphatic rings. The molecule has 2 aromatic rings. The summed E-state index contributed by atoms with van der Waals surface area (Å²) in [4.78, 5) is 4.18. The lowest BCUT2D eigenvalue weighted by molar-refractivity contribution is -0.136. The van der Waals surface area contributed by atoms with Crippen molar-refractivity contribution < 1.29 is 13.2 Å². The van der Waals surface area contributed by atoms with Gasteiger partial charge in [0.2, 0.25) is 0 Å². The van der Waals surface area contributed by atoms with Crippen molar-refractivity contribution >= 4 is 10.9 Å². The minimum absolute atomic E-state index is 0.103. The summed E-state index contributed by atoms with van der Waals surface area (Å²) in [7, 11) is 0. The van der Waals surface area contributed by atoms with E-state index in [9.17, 15) is 13.2 Å². The van der Waals surface area contributed by atoms with Crippen LogP contribution in [0.15, 0.2) is 36.5 Å². The molecule has 1 heterocycles. The van der Waals surface area contributed by atoms with E-state index in [2.05, 4.69) is 10.4 Å². The summed E-state index contributed by atoms with van der Waals surface area (Å²) in [6.45, 7) is 0. The second-order valence-corrected chi connectivity index (χ2v) is 4.29. The van der Waals surface area contributed by atoms with Gasteiger partial charge in [0.15, 0.2) is 0 Å². The van der Waals surface area contributed by atoms with Crippen LogP contribution in [0.4, 0.5) is 13.2 Å². The van der Waals surface area contributed by atoms with Crippen LogP contribution in [0.3, 0.4) is 0 Å². The molecular weight excluding hydrogens is 255 g/mol. The molecule has 1 aromatic heterocycles. The number of aromatic nitrogens is 1. The van der Waals surface area contributed by atoms with Gasteiger partial charge in [0.05, 0.1) is 5.52 Å². The summed E-state index contributed by atoms with van der Waals surface area (Å²) in [6, 6.07) is 8.39. The van der Waals surface area contributed by atoms with E-state index in [1.165, 1.54) is 0 Å². The number of hydrogen-bond donors (Lipinski definition) is 2. The molecule has 1 atom stereocenters. The highest BCUT2D eigenvalue weighted by atomic mass is 19.4. The standard InChI is InChI=1S/C13H14F3N3/c14-13(15,16)7-6-12(19-17)10-3-1-5-11-9(10)4-2-8-18-11/h1-5,8,12,19H,6-7,17H2. The van der Waals surface area contributed by atoms with Crippen molar-refractivity contribution in [1.29, 1.82) is 0 Å². The Bertz CT molecular complexity index is 549. The SMILES string of the molecule is NNC(CCC(F)(F)F)c1cccc2ncccc12. The first kappa shape index (κ1) is 13.8. The Morgan fingerprint density at radius 1 is 1.21 bits per heavy atom. The van der Waals surface area contributed by atoms with Crippen molar-refractivity contribution in [2.45, 2.75) is 25.1 Å². The number of hydrazine groups is 1. The molecule has 1 aromatic carbocycles. The molecule has 0 bridgehead atoms. The molecule has 0 amide bonds. The van der Waals surface area contributed by atoms with E-state index in [-0.39, 0.29) is 6.42 Å². The maximum absolute atomic E-state index is 12.3. The fraction of sp³-hybridized carbons (Fsp3) is 0.308. The van der Waals surface area contributed by atoms with Crippen LogP contribution in [0.25, 0.3) is 10.9 Å². The number of nitrogens with one attached hydrogen (secondary N) is 1. The number of benzene rings is 1. The number of halogens is 3. The summed E-state index contributed by atoms with van der Waals surface area (Å²) >= 11 is 0. The van der Waals surface area contributed by atoms with Gasteiger partial charge < -0.3 is 0 Å². The molecule has 0 fully saturated rings. The molecule has 0 radical (unpaired) electrons. The van der Waals surface area contributed by atoms with Crippen LogP contribution in [0, 0.1) is 0 Å². The molecular formula is C13H14F3N3. The molecule has 6 heteroatoms. The Labute approximate surface area is 108 Å². The first-order chi connectivity index (χ1) is 9.01. The third-order valence-corrected chi connectivity index (χ3v) is 2.97. The number of alkyl halides is 3. The van der Waals surface area contributed by atoms with Gasteiger partial charge >= 0.3 is 6.18 Å². The third-order valence-electron chi connectivity index (χ3n) is 2.97. The van der Waals surface area contributed by atoms with E-state index in [4.69, 9.17) is 5.84 Å². The van der Waals surface area contributed by atoms with Gasteiger partial charge in [-0.15, -0.1) is 0 Å². The highest BCUT2D eigenvalue weighted by molar-refractivity contribution is 5.82. The topological polar surface area (TPSA) is 50.9 Å². The summed E-state index contributed by atoms with van der Waals surface area (Å²) in [5, 5.41) is 0.815. The maximum Gasteiger partial charge on any atom is 0.389 e. The van der Waals surface area contributed by atoms with Gasteiger partial charge in [-0.3, -0.25) is 16.3 Å². The van der Waals surface area contributed by atoms with Crippen LogP contribution in [-0.4, -0.2) is 11.2 Å². The zero-order chi connectivity index (χ0) is 13.9. The molecule has 2 rings (SSSR count). The highest BCUT2D eigenvalue weighted by Crippen LogP contribution is 2.30. The van der Waals surface area contributed by atoms with Gasteiger partial charge in [-0.2, -0.15) is 13.2 Å². The summed E-state index contributed by atoms with van der Waals surface area (Å²) < 4.78 is 36.9. The van der Waals surface area contributed by atoms with Gasteiger partial charge in [0.25, 0.3) is 0 Å². The minimum Gasteiger partial charge on any atom is -0.271 e.